The molecule has 0 aliphatic heterocycles. The number of rotatable bonds is 4. The van der Waals surface area contributed by atoms with Gasteiger partial charge in [0.1, 0.15) is 0 Å². The van der Waals surface area contributed by atoms with Crippen molar-refractivity contribution in [3.05, 3.63) is 35.9 Å². The van der Waals surface area contributed by atoms with Crippen molar-refractivity contribution < 1.29 is 13.2 Å². The van der Waals surface area contributed by atoms with Gasteiger partial charge in [-0.25, -0.2) is 8.42 Å². The van der Waals surface area contributed by atoms with Crippen molar-refractivity contribution in [2.75, 3.05) is 5.75 Å². The summed E-state index contributed by atoms with van der Waals surface area (Å²) >= 11 is 2.92. The summed E-state index contributed by atoms with van der Waals surface area (Å²) in [4.78, 5) is 11.7. The van der Waals surface area contributed by atoms with E-state index in [1.54, 1.807) is 30.3 Å². The molecule has 0 aromatic heterocycles. The first kappa shape index (κ1) is 12.4. The van der Waals surface area contributed by atoms with Crippen LogP contribution in [0.5, 0.6) is 0 Å². The highest BCUT2D eigenvalue weighted by Gasteiger charge is 2.28. The van der Waals surface area contributed by atoms with Gasteiger partial charge in [-0.05, 0) is 0 Å². The van der Waals surface area contributed by atoms with E-state index >= 15 is 0 Å². The molecule has 1 rings (SSSR count). The van der Waals surface area contributed by atoms with Crippen LogP contribution >= 0.6 is 15.9 Å². The Balaban J connectivity index is 2.97. The van der Waals surface area contributed by atoms with Crippen LogP contribution in [0.15, 0.2) is 30.3 Å². The Morgan fingerprint density at radius 3 is 2.33 bits per heavy atom. The lowest BCUT2D eigenvalue weighted by Crippen LogP contribution is -2.25. The standard InChI is InChI=1S/C10H11BrO3S/c1-2-15(13,14)10(11)9(12)8-6-4-3-5-7-8/h3-7,10H,2H2,1H3/t10-/m1/s1. The van der Waals surface area contributed by atoms with E-state index in [4.69, 9.17) is 0 Å². The lowest BCUT2D eigenvalue weighted by molar-refractivity contribution is 0.101. The van der Waals surface area contributed by atoms with Crippen LogP contribution in [-0.2, 0) is 9.84 Å². The third-order valence-corrected chi connectivity index (χ3v) is 5.76. The Morgan fingerprint density at radius 1 is 1.33 bits per heavy atom. The largest absolute Gasteiger partial charge is 0.292 e. The zero-order chi connectivity index (χ0) is 11.5. The maximum absolute atomic E-state index is 11.7. The summed E-state index contributed by atoms with van der Waals surface area (Å²) in [6, 6.07) is 8.37. The number of carbonyl (C=O) groups is 1. The summed E-state index contributed by atoms with van der Waals surface area (Å²) in [6.07, 6.45) is 0. The van der Waals surface area contributed by atoms with Crippen LogP contribution in [0.25, 0.3) is 0 Å². The fourth-order valence-corrected chi connectivity index (χ4v) is 2.86. The third-order valence-electron chi connectivity index (χ3n) is 1.98. The first-order valence-electron chi connectivity index (χ1n) is 4.44. The molecule has 3 nitrogen and oxygen atoms in total. The number of benzene rings is 1. The zero-order valence-corrected chi connectivity index (χ0v) is 10.6. The normalized spacial score (nSPS) is 13.5. The molecule has 0 bridgehead atoms. The molecule has 0 saturated carbocycles. The fraction of sp³-hybridized carbons (Fsp3) is 0.300. The molecule has 82 valence electrons. The van der Waals surface area contributed by atoms with Gasteiger partial charge >= 0.3 is 0 Å². The Morgan fingerprint density at radius 2 is 1.87 bits per heavy atom. The Hall–Kier alpha value is -0.680. The molecule has 1 aromatic carbocycles. The average molecular weight is 291 g/mol. The lowest BCUT2D eigenvalue weighted by atomic mass is 10.2. The van der Waals surface area contributed by atoms with Crippen LogP contribution in [0.4, 0.5) is 0 Å². The monoisotopic (exact) mass is 290 g/mol. The van der Waals surface area contributed by atoms with E-state index in [-0.39, 0.29) is 5.75 Å². The van der Waals surface area contributed by atoms with Crippen molar-refractivity contribution in [2.45, 2.75) is 11.1 Å². The zero-order valence-electron chi connectivity index (χ0n) is 8.18. The van der Waals surface area contributed by atoms with Gasteiger partial charge in [-0.2, -0.15) is 0 Å². The molecule has 0 amide bonds. The first-order chi connectivity index (χ1) is 6.99. The van der Waals surface area contributed by atoms with Gasteiger partial charge in [-0.1, -0.05) is 53.2 Å². The van der Waals surface area contributed by atoms with Crippen LogP contribution in [0.2, 0.25) is 0 Å². The molecule has 0 heterocycles. The van der Waals surface area contributed by atoms with Crippen LogP contribution in [0, 0.1) is 0 Å². The van der Waals surface area contributed by atoms with Crippen LogP contribution < -0.4 is 0 Å². The number of hydrogen-bond acceptors (Lipinski definition) is 3. The fourth-order valence-electron chi connectivity index (χ4n) is 1.04. The molecule has 0 aliphatic rings. The Bertz CT molecular complexity index is 439. The van der Waals surface area contributed by atoms with Crippen molar-refractivity contribution in [1.82, 2.24) is 0 Å². The molecule has 0 fully saturated rings. The molecule has 15 heavy (non-hydrogen) atoms. The van der Waals surface area contributed by atoms with Crippen molar-refractivity contribution in [3.63, 3.8) is 0 Å². The van der Waals surface area contributed by atoms with E-state index in [0.29, 0.717) is 5.56 Å². The van der Waals surface area contributed by atoms with Gasteiger partial charge in [0, 0.05) is 11.3 Å². The van der Waals surface area contributed by atoms with E-state index in [1.807, 2.05) is 0 Å². The average Bonchev–Trinajstić information content (AvgIpc) is 2.28. The molecule has 1 aromatic rings. The Labute approximate surface area is 97.5 Å². The summed E-state index contributed by atoms with van der Waals surface area (Å²) in [7, 11) is -3.38. The van der Waals surface area contributed by atoms with Gasteiger partial charge in [0.05, 0.1) is 0 Å². The summed E-state index contributed by atoms with van der Waals surface area (Å²) in [6.45, 7) is 1.52. The maximum Gasteiger partial charge on any atom is 0.191 e. The van der Waals surface area contributed by atoms with Crippen molar-refractivity contribution in [3.8, 4) is 0 Å². The summed E-state index contributed by atoms with van der Waals surface area (Å²) < 4.78 is 21.8. The minimum atomic E-state index is -3.38. The van der Waals surface area contributed by atoms with E-state index in [2.05, 4.69) is 15.9 Å². The molecule has 0 radical (unpaired) electrons. The third kappa shape index (κ3) is 2.89. The van der Waals surface area contributed by atoms with E-state index in [9.17, 15) is 13.2 Å². The second kappa shape index (κ2) is 4.90. The molecular formula is C10H11BrO3S. The highest BCUT2D eigenvalue weighted by Crippen LogP contribution is 2.16. The van der Waals surface area contributed by atoms with Crippen LogP contribution in [0.1, 0.15) is 17.3 Å². The van der Waals surface area contributed by atoms with Gasteiger partial charge in [-0.15, -0.1) is 0 Å². The molecule has 0 aliphatic carbocycles. The summed E-state index contributed by atoms with van der Waals surface area (Å²) in [5.41, 5.74) is 0.399. The highest BCUT2D eigenvalue weighted by atomic mass is 79.9. The van der Waals surface area contributed by atoms with Gasteiger partial charge in [0.15, 0.2) is 19.8 Å². The van der Waals surface area contributed by atoms with E-state index < -0.39 is 19.8 Å². The smallest absolute Gasteiger partial charge is 0.191 e. The van der Waals surface area contributed by atoms with Crippen LogP contribution in [-0.4, -0.2) is 24.1 Å². The Kier molecular flexibility index (Phi) is 4.04. The number of ketones is 1. The number of Topliss-reactive ketones (excluding diaryl/α,β-unsaturated/α-hetero) is 1. The molecule has 0 spiro atoms. The van der Waals surface area contributed by atoms with Gasteiger partial charge < -0.3 is 0 Å². The second-order valence-electron chi connectivity index (χ2n) is 3.00. The van der Waals surface area contributed by atoms with Crippen molar-refractivity contribution in [2.24, 2.45) is 0 Å². The van der Waals surface area contributed by atoms with Crippen LogP contribution in [0.3, 0.4) is 0 Å². The predicted octanol–water partition coefficient (Wildman–Crippen LogP) is 2.03. The molecule has 5 heteroatoms. The van der Waals surface area contributed by atoms with Crippen molar-refractivity contribution in [1.29, 1.82) is 0 Å². The lowest BCUT2D eigenvalue weighted by Gasteiger charge is -2.08. The van der Waals surface area contributed by atoms with Gasteiger partial charge in [0.25, 0.3) is 0 Å². The topological polar surface area (TPSA) is 51.2 Å². The maximum atomic E-state index is 11.7. The summed E-state index contributed by atoms with van der Waals surface area (Å²) in [5.74, 6) is -0.473. The SMILES string of the molecule is CCS(=O)(=O)[C@@H](Br)C(=O)c1ccccc1. The molecule has 0 unspecified atom stereocenters. The van der Waals surface area contributed by atoms with E-state index in [0.717, 1.165) is 0 Å². The number of alkyl halides is 1. The second-order valence-corrected chi connectivity index (χ2v) is 6.89. The minimum absolute atomic E-state index is 0.0541. The number of hydrogen-bond donors (Lipinski definition) is 0. The van der Waals surface area contributed by atoms with E-state index in [1.165, 1.54) is 6.92 Å². The highest BCUT2D eigenvalue weighted by molar-refractivity contribution is 9.11. The number of halogens is 1. The molecule has 0 saturated heterocycles. The molecule has 1 atom stereocenters. The number of carbonyl (C=O) groups excluding carboxylic acids is 1. The summed E-state index contributed by atoms with van der Waals surface area (Å²) in [5, 5.41) is 0. The molecule has 0 N–H and O–H groups in total. The van der Waals surface area contributed by atoms with Gasteiger partial charge in [-0.3, -0.25) is 4.79 Å². The quantitative estimate of drug-likeness (QED) is 0.630. The molecular weight excluding hydrogens is 280 g/mol. The van der Waals surface area contributed by atoms with Gasteiger partial charge in [0.2, 0.25) is 0 Å². The predicted molar refractivity (Wildman–Crippen MR) is 62.9 cm³/mol. The minimum Gasteiger partial charge on any atom is -0.292 e. The first-order valence-corrected chi connectivity index (χ1v) is 7.07. The van der Waals surface area contributed by atoms with Crippen molar-refractivity contribution >= 4 is 31.6 Å². The number of sulfone groups is 1.